The standard InChI is InChI=1S/C23H24N4O3/c1-14-9-15-10-17(3-4-19(15)27-14)30-23-18-11-21(28-2)22(12-20(18)25-13-26-23)29-16-5-7-24-8-6-16/h3-4,9-13,16,24,27H,5-8H2,1-2H3. The van der Waals surface area contributed by atoms with Crippen molar-refractivity contribution in [3.63, 3.8) is 0 Å². The number of aromatic amines is 1. The molecule has 2 N–H and O–H groups in total. The summed E-state index contributed by atoms with van der Waals surface area (Å²) in [6.45, 7) is 3.96. The largest absolute Gasteiger partial charge is 0.493 e. The lowest BCUT2D eigenvalue weighted by Gasteiger charge is -2.24. The minimum Gasteiger partial charge on any atom is -0.493 e. The molecule has 2 aromatic heterocycles. The summed E-state index contributed by atoms with van der Waals surface area (Å²) >= 11 is 0. The molecule has 0 atom stereocenters. The Balaban J connectivity index is 1.48. The average Bonchev–Trinajstić information content (AvgIpc) is 3.13. The number of H-pyrrole nitrogens is 1. The predicted octanol–water partition coefficient (Wildman–Crippen LogP) is 4.35. The summed E-state index contributed by atoms with van der Waals surface area (Å²) in [5.41, 5.74) is 2.94. The van der Waals surface area contributed by atoms with Crippen molar-refractivity contribution in [3.05, 3.63) is 48.4 Å². The summed E-state index contributed by atoms with van der Waals surface area (Å²) in [7, 11) is 1.64. The number of methoxy groups -OCH3 is 1. The van der Waals surface area contributed by atoms with Crippen LogP contribution < -0.4 is 19.5 Å². The van der Waals surface area contributed by atoms with E-state index in [9.17, 15) is 0 Å². The van der Waals surface area contributed by atoms with E-state index in [4.69, 9.17) is 14.2 Å². The van der Waals surface area contributed by atoms with E-state index in [0.717, 1.165) is 59.2 Å². The number of nitrogens with one attached hydrogen (secondary N) is 2. The third kappa shape index (κ3) is 3.64. The summed E-state index contributed by atoms with van der Waals surface area (Å²) in [5, 5.41) is 5.22. The van der Waals surface area contributed by atoms with Gasteiger partial charge in [-0.3, -0.25) is 0 Å². The van der Waals surface area contributed by atoms with Gasteiger partial charge >= 0.3 is 0 Å². The Morgan fingerprint density at radius 2 is 1.87 bits per heavy atom. The minimum absolute atomic E-state index is 0.173. The van der Waals surface area contributed by atoms with Gasteiger partial charge in [0.05, 0.1) is 18.0 Å². The van der Waals surface area contributed by atoms with Gasteiger partial charge in [-0.25, -0.2) is 9.97 Å². The van der Waals surface area contributed by atoms with Crippen LogP contribution in [0.3, 0.4) is 0 Å². The molecule has 5 rings (SSSR count). The highest BCUT2D eigenvalue weighted by molar-refractivity contribution is 5.87. The van der Waals surface area contributed by atoms with Gasteiger partial charge in [0.25, 0.3) is 0 Å². The second kappa shape index (κ2) is 7.84. The first-order valence-electron chi connectivity index (χ1n) is 10.2. The Hall–Kier alpha value is -3.32. The van der Waals surface area contributed by atoms with Crippen LogP contribution in [0.2, 0.25) is 0 Å². The van der Waals surface area contributed by atoms with Gasteiger partial charge < -0.3 is 24.5 Å². The van der Waals surface area contributed by atoms with Crippen molar-refractivity contribution in [2.45, 2.75) is 25.9 Å². The summed E-state index contributed by atoms with van der Waals surface area (Å²) in [4.78, 5) is 12.1. The quantitative estimate of drug-likeness (QED) is 0.515. The number of rotatable bonds is 5. The maximum absolute atomic E-state index is 6.22. The minimum atomic E-state index is 0.173. The van der Waals surface area contributed by atoms with Gasteiger partial charge in [0, 0.05) is 22.7 Å². The van der Waals surface area contributed by atoms with E-state index in [2.05, 4.69) is 26.3 Å². The van der Waals surface area contributed by atoms with Gasteiger partial charge in [-0.2, -0.15) is 0 Å². The number of hydrogen-bond donors (Lipinski definition) is 2. The number of nitrogens with zero attached hydrogens (tertiary/aromatic N) is 2. The average molecular weight is 404 g/mol. The van der Waals surface area contributed by atoms with Crippen molar-refractivity contribution in [2.75, 3.05) is 20.2 Å². The molecular formula is C23H24N4O3. The molecule has 0 unspecified atom stereocenters. The highest BCUT2D eigenvalue weighted by atomic mass is 16.5. The molecule has 0 bridgehead atoms. The maximum Gasteiger partial charge on any atom is 0.230 e. The molecule has 0 saturated carbocycles. The van der Waals surface area contributed by atoms with E-state index in [-0.39, 0.29) is 6.10 Å². The fourth-order valence-electron chi connectivity index (χ4n) is 3.90. The zero-order chi connectivity index (χ0) is 20.5. The molecule has 1 saturated heterocycles. The van der Waals surface area contributed by atoms with Crippen molar-refractivity contribution in [1.82, 2.24) is 20.3 Å². The third-order valence-corrected chi connectivity index (χ3v) is 5.41. The first-order chi connectivity index (χ1) is 14.7. The molecule has 0 aliphatic carbocycles. The molecule has 7 heteroatoms. The van der Waals surface area contributed by atoms with Crippen LogP contribution in [-0.2, 0) is 0 Å². The Morgan fingerprint density at radius 1 is 1.00 bits per heavy atom. The summed E-state index contributed by atoms with van der Waals surface area (Å²) in [6.07, 6.45) is 3.63. The topological polar surface area (TPSA) is 81.3 Å². The lowest BCUT2D eigenvalue weighted by Crippen LogP contribution is -2.34. The smallest absolute Gasteiger partial charge is 0.230 e. The Labute approximate surface area is 174 Å². The summed E-state index contributed by atoms with van der Waals surface area (Å²) < 4.78 is 18.0. The molecule has 4 aromatic rings. The number of aromatic nitrogens is 3. The van der Waals surface area contributed by atoms with Crippen molar-refractivity contribution >= 4 is 21.8 Å². The van der Waals surface area contributed by atoms with Crippen LogP contribution in [0, 0.1) is 6.92 Å². The monoisotopic (exact) mass is 404 g/mol. The molecular weight excluding hydrogens is 380 g/mol. The fraction of sp³-hybridized carbons (Fsp3) is 0.304. The maximum atomic E-state index is 6.22. The molecule has 0 spiro atoms. The summed E-state index contributed by atoms with van der Waals surface area (Å²) in [6, 6.07) is 11.8. The fourth-order valence-corrected chi connectivity index (χ4v) is 3.90. The number of hydrogen-bond acceptors (Lipinski definition) is 6. The molecule has 154 valence electrons. The normalized spacial score (nSPS) is 14.9. The lowest BCUT2D eigenvalue weighted by molar-refractivity contribution is 0.157. The van der Waals surface area contributed by atoms with Crippen LogP contribution >= 0.6 is 0 Å². The molecule has 7 nitrogen and oxygen atoms in total. The Kier molecular flexibility index (Phi) is 4.88. The van der Waals surface area contributed by atoms with E-state index in [1.807, 2.05) is 37.3 Å². The van der Waals surface area contributed by atoms with E-state index in [1.165, 1.54) is 6.33 Å². The van der Waals surface area contributed by atoms with Gasteiger partial charge in [-0.1, -0.05) is 0 Å². The SMILES string of the molecule is COc1cc2c(Oc3ccc4[nH]c(C)cc4c3)ncnc2cc1OC1CCNCC1. The highest BCUT2D eigenvalue weighted by Gasteiger charge is 2.19. The van der Waals surface area contributed by atoms with Crippen molar-refractivity contribution in [3.8, 4) is 23.1 Å². The molecule has 1 fully saturated rings. The van der Waals surface area contributed by atoms with Gasteiger partial charge in [-0.15, -0.1) is 0 Å². The second-order valence-electron chi connectivity index (χ2n) is 7.57. The number of piperidine rings is 1. The molecule has 0 amide bonds. The number of benzene rings is 2. The number of fused-ring (bicyclic) bond motifs is 2. The van der Waals surface area contributed by atoms with Crippen LogP contribution in [0.1, 0.15) is 18.5 Å². The molecule has 0 radical (unpaired) electrons. The Morgan fingerprint density at radius 3 is 2.70 bits per heavy atom. The second-order valence-corrected chi connectivity index (χ2v) is 7.57. The van der Waals surface area contributed by atoms with E-state index in [0.29, 0.717) is 17.4 Å². The Bertz CT molecular complexity index is 1200. The zero-order valence-corrected chi connectivity index (χ0v) is 17.1. The van der Waals surface area contributed by atoms with Crippen molar-refractivity contribution in [1.29, 1.82) is 0 Å². The molecule has 1 aliphatic heterocycles. The van der Waals surface area contributed by atoms with Crippen LogP contribution in [0.4, 0.5) is 0 Å². The van der Waals surface area contributed by atoms with Crippen LogP contribution in [0.15, 0.2) is 42.7 Å². The van der Waals surface area contributed by atoms with Crippen molar-refractivity contribution in [2.24, 2.45) is 0 Å². The first kappa shape index (κ1) is 18.7. The van der Waals surface area contributed by atoms with Crippen LogP contribution in [-0.4, -0.2) is 41.3 Å². The molecule has 1 aliphatic rings. The number of aryl methyl sites for hydroxylation is 1. The summed E-state index contributed by atoms with van der Waals surface area (Å²) in [5.74, 6) is 2.55. The highest BCUT2D eigenvalue weighted by Crippen LogP contribution is 2.37. The third-order valence-electron chi connectivity index (χ3n) is 5.41. The first-order valence-corrected chi connectivity index (χ1v) is 10.2. The van der Waals surface area contributed by atoms with Gasteiger partial charge in [0.1, 0.15) is 18.2 Å². The van der Waals surface area contributed by atoms with Gasteiger partial charge in [-0.05, 0) is 63.2 Å². The van der Waals surface area contributed by atoms with Crippen LogP contribution in [0.5, 0.6) is 23.1 Å². The van der Waals surface area contributed by atoms with Crippen LogP contribution in [0.25, 0.3) is 21.8 Å². The number of ether oxygens (including phenoxy) is 3. The molecule has 2 aromatic carbocycles. The van der Waals surface area contributed by atoms with Crippen molar-refractivity contribution < 1.29 is 14.2 Å². The lowest BCUT2D eigenvalue weighted by atomic mass is 10.1. The zero-order valence-electron chi connectivity index (χ0n) is 17.1. The van der Waals surface area contributed by atoms with E-state index >= 15 is 0 Å². The van der Waals surface area contributed by atoms with Gasteiger partial charge in [0.2, 0.25) is 5.88 Å². The van der Waals surface area contributed by atoms with E-state index in [1.54, 1.807) is 7.11 Å². The molecule has 3 heterocycles. The predicted molar refractivity (Wildman–Crippen MR) is 116 cm³/mol. The van der Waals surface area contributed by atoms with Gasteiger partial charge in [0.15, 0.2) is 11.5 Å². The molecule has 30 heavy (non-hydrogen) atoms. The van der Waals surface area contributed by atoms with E-state index < -0.39 is 0 Å².